The average molecular weight is 299 g/mol. The van der Waals surface area contributed by atoms with Gasteiger partial charge in [-0.05, 0) is 5.56 Å². The van der Waals surface area contributed by atoms with E-state index in [2.05, 4.69) is 0 Å². The van der Waals surface area contributed by atoms with Gasteiger partial charge in [0.05, 0.1) is 22.3 Å². The summed E-state index contributed by atoms with van der Waals surface area (Å²) in [6, 6.07) is 9.45. The fraction of sp³-hybridized carbons (Fsp3) is 0.462. The lowest BCUT2D eigenvalue weighted by Gasteiger charge is -2.15. The average Bonchev–Trinajstić information content (AvgIpc) is 3.01. The van der Waals surface area contributed by atoms with Crippen molar-refractivity contribution in [1.29, 1.82) is 0 Å². The molecule has 4 nitrogen and oxygen atoms in total. The molecule has 1 aliphatic rings. The van der Waals surface area contributed by atoms with Gasteiger partial charge in [-0.3, -0.25) is 0 Å². The van der Waals surface area contributed by atoms with Crippen LogP contribution >= 0.6 is 12.2 Å². The number of hydrogen-bond acceptors (Lipinski definition) is 4. The Morgan fingerprint density at radius 1 is 1.42 bits per heavy atom. The molecule has 2 N–H and O–H groups in total. The summed E-state index contributed by atoms with van der Waals surface area (Å²) >= 11 is 5.12. The van der Waals surface area contributed by atoms with Gasteiger partial charge in [0.15, 0.2) is 9.84 Å². The molecule has 1 aliphatic carbocycles. The van der Waals surface area contributed by atoms with Gasteiger partial charge in [0.2, 0.25) is 0 Å². The number of thiocarbonyl (C=S) groups is 1. The van der Waals surface area contributed by atoms with Gasteiger partial charge >= 0.3 is 0 Å². The van der Waals surface area contributed by atoms with Crippen molar-refractivity contribution in [2.24, 2.45) is 11.1 Å². The maximum Gasteiger partial charge on any atom is 0.152 e. The molecule has 0 bridgehead atoms. The molecule has 1 aromatic rings. The summed E-state index contributed by atoms with van der Waals surface area (Å²) in [4.78, 5) is 0.207. The largest absolute Gasteiger partial charge is 0.393 e. The van der Waals surface area contributed by atoms with E-state index in [9.17, 15) is 8.42 Å². The monoisotopic (exact) mass is 299 g/mol. The Morgan fingerprint density at radius 2 is 2.00 bits per heavy atom. The highest BCUT2D eigenvalue weighted by molar-refractivity contribution is 7.92. The van der Waals surface area contributed by atoms with Crippen molar-refractivity contribution >= 4 is 27.0 Å². The lowest BCUT2D eigenvalue weighted by Crippen LogP contribution is -2.32. The normalized spacial score (nSPS) is 30.0. The molecule has 2 rings (SSSR count). The van der Waals surface area contributed by atoms with Crippen molar-refractivity contribution < 1.29 is 13.2 Å². The molecular formula is C13H17NO3S2. The van der Waals surface area contributed by atoms with Crippen LogP contribution in [0.25, 0.3) is 0 Å². The second-order valence-corrected chi connectivity index (χ2v) is 7.58. The molecule has 0 aromatic heterocycles. The number of sulfone groups is 1. The minimum Gasteiger partial charge on any atom is -0.393 e. The number of hydrogen-bond donors (Lipinski definition) is 1. The van der Waals surface area contributed by atoms with E-state index >= 15 is 0 Å². The predicted molar refractivity (Wildman–Crippen MR) is 78.9 cm³/mol. The number of ether oxygens (including phenoxy) is 1. The third kappa shape index (κ3) is 2.28. The highest BCUT2D eigenvalue weighted by Gasteiger charge is 2.71. The van der Waals surface area contributed by atoms with Crippen molar-refractivity contribution in [1.82, 2.24) is 0 Å². The molecule has 0 unspecified atom stereocenters. The fourth-order valence-corrected chi connectivity index (χ4v) is 5.25. The van der Waals surface area contributed by atoms with Crippen molar-refractivity contribution in [3.63, 3.8) is 0 Å². The second-order valence-electron chi connectivity index (χ2n) is 4.98. The molecular weight excluding hydrogens is 282 g/mol. The molecule has 19 heavy (non-hydrogen) atoms. The van der Waals surface area contributed by atoms with Crippen LogP contribution in [0.3, 0.4) is 0 Å². The molecule has 0 saturated heterocycles. The van der Waals surface area contributed by atoms with Crippen molar-refractivity contribution in [2.75, 3.05) is 20.0 Å². The molecule has 0 spiro atoms. The van der Waals surface area contributed by atoms with Gasteiger partial charge in [0.25, 0.3) is 0 Å². The lowest BCUT2D eigenvalue weighted by molar-refractivity contribution is 0.166. The van der Waals surface area contributed by atoms with Crippen LogP contribution in [0.1, 0.15) is 11.5 Å². The van der Waals surface area contributed by atoms with Crippen molar-refractivity contribution in [3.8, 4) is 0 Å². The number of methoxy groups -OCH3 is 1. The Balaban J connectivity index is 2.50. The van der Waals surface area contributed by atoms with E-state index in [1.54, 1.807) is 0 Å². The van der Waals surface area contributed by atoms with E-state index < -0.39 is 20.5 Å². The van der Waals surface area contributed by atoms with Gasteiger partial charge in [0, 0.05) is 19.3 Å². The minimum atomic E-state index is -3.25. The van der Waals surface area contributed by atoms with E-state index in [1.165, 1.54) is 13.4 Å². The molecule has 1 fully saturated rings. The number of benzene rings is 1. The van der Waals surface area contributed by atoms with E-state index in [0.29, 0.717) is 0 Å². The molecule has 1 saturated carbocycles. The van der Waals surface area contributed by atoms with E-state index in [0.717, 1.165) is 5.56 Å². The zero-order valence-electron chi connectivity index (χ0n) is 10.9. The van der Waals surface area contributed by atoms with Gasteiger partial charge < -0.3 is 10.5 Å². The third-order valence-electron chi connectivity index (χ3n) is 3.72. The molecule has 3 atom stereocenters. The molecule has 0 aliphatic heterocycles. The SMILES string of the molecule is COC[C@@]1(C(N)=S)[C@H](S(C)(=O)=O)[C@@H]1c1ccccc1. The van der Waals surface area contributed by atoms with E-state index in [1.807, 2.05) is 30.3 Å². The maximum atomic E-state index is 12.0. The van der Waals surface area contributed by atoms with Gasteiger partial charge in [-0.1, -0.05) is 42.5 Å². The van der Waals surface area contributed by atoms with Crippen LogP contribution in [0.15, 0.2) is 30.3 Å². The Morgan fingerprint density at radius 3 is 2.42 bits per heavy atom. The summed E-state index contributed by atoms with van der Waals surface area (Å²) in [6.45, 7) is 0.222. The number of rotatable bonds is 5. The van der Waals surface area contributed by atoms with E-state index in [-0.39, 0.29) is 17.5 Å². The first-order valence-corrected chi connectivity index (χ1v) is 8.24. The van der Waals surface area contributed by atoms with Gasteiger partial charge in [0.1, 0.15) is 0 Å². The summed E-state index contributed by atoms with van der Waals surface area (Å²) < 4.78 is 29.2. The lowest BCUT2D eigenvalue weighted by atomic mass is 10.00. The molecule has 0 radical (unpaired) electrons. The van der Waals surface area contributed by atoms with Crippen LogP contribution in [-0.2, 0) is 14.6 Å². The smallest absolute Gasteiger partial charge is 0.152 e. The third-order valence-corrected chi connectivity index (χ3v) is 5.71. The topological polar surface area (TPSA) is 69.4 Å². The van der Waals surface area contributed by atoms with Crippen molar-refractivity contribution in [2.45, 2.75) is 11.2 Å². The second kappa shape index (κ2) is 4.85. The molecule has 1 aromatic carbocycles. The van der Waals surface area contributed by atoms with Crippen LogP contribution in [-0.4, -0.2) is 38.6 Å². The Hall–Kier alpha value is -0.980. The summed E-state index contributed by atoms with van der Waals surface area (Å²) in [5.41, 5.74) is 5.97. The maximum absolute atomic E-state index is 12.0. The zero-order chi connectivity index (χ0) is 14.3. The highest BCUT2D eigenvalue weighted by atomic mass is 32.2. The van der Waals surface area contributed by atoms with Crippen LogP contribution < -0.4 is 5.73 Å². The van der Waals surface area contributed by atoms with E-state index in [4.69, 9.17) is 22.7 Å². The number of nitrogens with two attached hydrogens (primary N) is 1. The van der Waals surface area contributed by atoms with Crippen LogP contribution in [0.2, 0.25) is 0 Å². The van der Waals surface area contributed by atoms with Gasteiger partial charge in [-0.25, -0.2) is 8.42 Å². The summed E-state index contributed by atoms with van der Waals surface area (Å²) in [5.74, 6) is -0.221. The molecule has 6 heteroatoms. The van der Waals surface area contributed by atoms with Gasteiger partial charge in [-0.15, -0.1) is 0 Å². The molecule has 104 valence electrons. The Labute approximate surface area is 118 Å². The molecule has 0 heterocycles. The van der Waals surface area contributed by atoms with Crippen LogP contribution in [0, 0.1) is 5.41 Å². The van der Waals surface area contributed by atoms with Crippen LogP contribution in [0.5, 0.6) is 0 Å². The Bertz CT molecular complexity index is 585. The zero-order valence-corrected chi connectivity index (χ0v) is 12.5. The predicted octanol–water partition coefficient (Wildman–Crippen LogP) is 1.12. The first-order valence-electron chi connectivity index (χ1n) is 5.88. The summed E-state index contributed by atoms with van der Waals surface area (Å²) in [6.07, 6.45) is 1.23. The summed E-state index contributed by atoms with van der Waals surface area (Å²) in [5, 5.41) is -0.597. The fourth-order valence-electron chi connectivity index (χ4n) is 2.94. The summed E-state index contributed by atoms with van der Waals surface area (Å²) in [7, 11) is -1.72. The van der Waals surface area contributed by atoms with Gasteiger partial charge in [-0.2, -0.15) is 0 Å². The first kappa shape index (κ1) is 14.4. The quantitative estimate of drug-likeness (QED) is 0.825. The Kier molecular flexibility index (Phi) is 3.68. The molecule has 0 amide bonds. The van der Waals surface area contributed by atoms with Crippen LogP contribution in [0.4, 0.5) is 0 Å². The first-order chi connectivity index (χ1) is 8.85. The van der Waals surface area contributed by atoms with Crippen molar-refractivity contribution in [3.05, 3.63) is 35.9 Å². The highest BCUT2D eigenvalue weighted by Crippen LogP contribution is 2.63. The standard InChI is InChI=1S/C13H17NO3S2/c1-17-8-13(12(14)18)10(11(13)19(2,15)16)9-6-4-3-5-7-9/h3-7,10-11H,8H2,1-2H3,(H2,14,18)/t10-,11+,13-/m0/s1. The minimum absolute atomic E-state index is 0.207.